The van der Waals surface area contributed by atoms with E-state index in [2.05, 4.69) is 19.2 Å². The van der Waals surface area contributed by atoms with E-state index in [1.807, 2.05) is 23.9 Å². The van der Waals surface area contributed by atoms with Crippen LogP contribution in [0.5, 0.6) is 17.2 Å². The van der Waals surface area contributed by atoms with Gasteiger partial charge in [0.05, 0.1) is 21.3 Å². The Morgan fingerprint density at radius 1 is 1.10 bits per heavy atom. The maximum absolute atomic E-state index is 5.47. The summed E-state index contributed by atoms with van der Waals surface area (Å²) in [6.07, 6.45) is 0. The van der Waals surface area contributed by atoms with Gasteiger partial charge in [-0.2, -0.15) is 11.8 Å². The Morgan fingerprint density at radius 3 is 2.35 bits per heavy atom. The molecule has 0 bridgehead atoms. The third-order valence-corrected chi connectivity index (χ3v) is 4.14. The summed E-state index contributed by atoms with van der Waals surface area (Å²) in [6.45, 7) is 5.11. The van der Waals surface area contributed by atoms with Gasteiger partial charge in [0.15, 0.2) is 11.5 Å². The Kier molecular flexibility index (Phi) is 7.62. The van der Waals surface area contributed by atoms with Crippen molar-refractivity contribution in [3.05, 3.63) is 17.7 Å². The van der Waals surface area contributed by atoms with Crippen molar-refractivity contribution in [3.8, 4) is 17.2 Å². The molecule has 0 aliphatic carbocycles. The van der Waals surface area contributed by atoms with E-state index in [4.69, 9.17) is 14.2 Å². The first-order valence-corrected chi connectivity index (χ1v) is 7.92. The van der Waals surface area contributed by atoms with Gasteiger partial charge in [0, 0.05) is 23.9 Å². The van der Waals surface area contributed by atoms with Crippen molar-refractivity contribution in [2.24, 2.45) is 0 Å². The van der Waals surface area contributed by atoms with E-state index in [0.29, 0.717) is 17.5 Å². The molecule has 0 aromatic heterocycles. The zero-order valence-corrected chi connectivity index (χ0v) is 13.8. The van der Waals surface area contributed by atoms with Crippen molar-refractivity contribution < 1.29 is 14.2 Å². The zero-order chi connectivity index (χ0) is 15.0. The number of hydrogen-bond acceptors (Lipinski definition) is 5. The zero-order valence-electron chi connectivity index (χ0n) is 13.0. The summed E-state index contributed by atoms with van der Waals surface area (Å²) in [5, 5.41) is 3.50. The fourth-order valence-corrected chi connectivity index (χ4v) is 2.65. The molecule has 0 saturated heterocycles. The predicted molar refractivity (Wildman–Crippen MR) is 85.4 cm³/mol. The van der Waals surface area contributed by atoms with Crippen LogP contribution in [0.3, 0.4) is 0 Å². The van der Waals surface area contributed by atoms with Crippen LogP contribution in [0.15, 0.2) is 12.1 Å². The van der Waals surface area contributed by atoms with E-state index in [9.17, 15) is 0 Å². The molecular formula is C15H25NO3S. The first-order valence-electron chi connectivity index (χ1n) is 6.76. The van der Waals surface area contributed by atoms with Crippen molar-refractivity contribution in [2.75, 3.05) is 32.8 Å². The van der Waals surface area contributed by atoms with Crippen LogP contribution in [0.4, 0.5) is 0 Å². The lowest BCUT2D eigenvalue weighted by molar-refractivity contribution is 0.321. The van der Waals surface area contributed by atoms with Gasteiger partial charge in [-0.1, -0.05) is 13.0 Å². The van der Waals surface area contributed by atoms with Gasteiger partial charge in [-0.05, 0) is 18.7 Å². The molecule has 1 atom stereocenters. The van der Waals surface area contributed by atoms with Crippen molar-refractivity contribution in [2.45, 2.75) is 26.4 Å². The molecule has 0 fully saturated rings. The van der Waals surface area contributed by atoms with E-state index in [0.717, 1.165) is 29.4 Å². The lowest BCUT2D eigenvalue weighted by Gasteiger charge is -2.18. The van der Waals surface area contributed by atoms with Crippen molar-refractivity contribution in [1.82, 2.24) is 5.32 Å². The van der Waals surface area contributed by atoms with E-state index in [1.165, 1.54) is 0 Å². The van der Waals surface area contributed by atoms with Crippen LogP contribution >= 0.6 is 11.8 Å². The van der Waals surface area contributed by atoms with Crippen LogP contribution in [0.2, 0.25) is 0 Å². The Balaban J connectivity index is 2.79. The molecule has 114 valence electrons. The molecular weight excluding hydrogens is 274 g/mol. The average Bonchev–Trinajstić information content (AvgIpc) is 2.49. The van der Waals surface area contributed by atoms with Gasteiger partial charge in [0.2, 0.25) is 5.75 Å². The standard InChI is InChI=1S/C15H25NO3S/c1-6-20-10-11(2)16-9-12-7-8-13(17-3)15(19-5)14(12)18-4/h7-8,11,16H,6,9-10H2,1-5H3. The Hall–Kier alpha value is -1.07. The molecule has 0 heterocycles. The highest BCUT2D eigenvalue weighted by Gasteiger charge is 2.15. The monoisotopic (exact) mass is 299 g/mol. The van der Waals surface area contributed by atoms with Crippen molar-refractivity contribution in [1.29, 1.82) is 0 Å². The van der Waals surface area contributed by atoms with Gasteiger partial charge >= 0.3 is 0 Å². The minimum absolute atomic E-state index is 0.456. The molecule has 0 aliphatic rings. The van der Waals surface area contributed by atoms with E-state index >= 15 is 0 Å². The molecule has 0 amide bonds. The second kappa shape index (κ2) is 8.97. The molecule has 1 aromatic rings. The van der Waals surface area contributed by atoms with Gasteiger partial charge in [-0.3, -0.25) is 0 Å². The van der Waals surface area contributed by atoms with Gasteiger partial charge < -0.3 is 19.5 Å². The SMILES string of the molecule is CCSCC(C)NCc1ccc(OC)c(OC)c1OC. The lowest BCUT2D eigenvalue weighted by atomic mass is 10.1. The van der Waals surface area contributed by atoms with Gasteiger partial charge in [-0.25, -0.2) is 0 Å². The van der Waals surface area contributed by atoms with Crippen LogP contribution in [0.1, 0.15) is 19.4 Å². The molecule has 4 nitrogen and oxygen atoms in total. The lowest BCUT2D eigenvalue weighted by Crippen LogP contribution is -2.28. The summed E-state index contributed by atoms with van der Waals surface area (Å²) in [6, 6.07) is 4.37. The second-order valence-electron chi connectivity index (χ2n) is 4.43. The van der Waals surface area contributed by atoms with Crippen LogP contribution in [0.25, 0.3) is 0 Å². The molecule has 1 aromatic carbocycles. The molecule has 0 saturated carbocycles. The molecule has 20 heavy (non-hydrogen) atoms. The number of benzene rings is 1. The number of methoxy groups -OCH3 is 3. The molecule has 1 unspecified atom stereocenters. The maximum atomic E-state index is 5.47. The van der Waals surface area contributed by atoms with E-state index < -0.39 is 0 Å². The summed E-state index contributed by atoms with van der Waals surface area (Å²) in [5.74, 6) is 4.31. The van der Waals surface area contributed by atoms with Crippen molar-refractivity contribution >= 4 is 11.8 Å². The second-order valence-corrected chi connectivity index (χ2v) is 5.75. The van der Waals surface area contributed by atoms with Gasteiger partial charge in [0.25, 0.3) is 0 Å². The largest absolute Gasteiger partial charge is 0.493 e. The molecule has 1 N–H and O–H groups in total. The minimum atomic E-state index is 0.456. The van der Waals surface area contributed by atoms with Gasteiger partial charge in [-0.15, -0.1) is 0 Å². The summed E-state index contributed by atoms with van der Waals surface area (Å²) in [5.41, 5.74) is 1.07. The third kappa shape index (κ3) is 4.49. The number of nitrogens with one attached hydrogen (secondary N) is 1. The van der Waals surface area contributed by atoms with Crippen LogP contribution in [-0.2, 0) is 6.54 Å². The number of ether oxygens (including phenoxy) is 3. The fourth-order valence-electron chi connectivity index (χ4n) is 1.94. The highest BCUT2D eigenvalue weighted by atomic mass is 32.2. The normalized spacial score (nSPS) is 12.1. The Bertz CT molecular complexity index is 412. The van der Waals surface area contributed by atoms with Gasteiger partial charge in [0.1, 0.15) is 0 Å². The topological polar surface area (TPSA) is 39.7 Å². The Morgan fingerprint density at radius 2 is 1.80 bits per heavy atom. The van der Waals surface area contributed by atoms with Crippen molar-refractivity contribution in [3.63, 3.8) is 0 Å². The summed E-state index contributed by atoms with van der Waals surface area (Å²) in [7, 11) is 4.90. The third-order valence-electron chi connectivity index (χ3n) is 3.00. The smallest absolute Gasteiger partial charge is 0.203 e. The highest BCUT2D eigenvalue weighted by molar-refractivity contribution is 7.99. The summed E-state index contributed by atoms with van der Waals surface area (Å²) >= 11 is 1.94. The highest BCUT2D eigenvalue weighted by Crippen LogP contribution is 2.39. The number of thioether (sulfide) groups is 1. The van der Waals surface area contributed by atoms with E-state index in [1.54, 1.807) is 21.3 Å². The minimum Gasteiger partial charge on any atom is -0.493 e. The molecule has 0 radical (unpaired) electrons. The molecule has 5 heteroatoms. The maximum Gasteiger partial charge on any atom is 0.203 e. The summed E-state index contributed by atoms with van der Waals surface area (Å²) < 4.78 is 16.1. The van der Waals surface area contributed by atoms with E-state index in [-0.39, 0.29) is 0 Å². The van der Waals surface area contributed by atoms with Crippen LogP contribution < -0.4 is 19.5 Å². The molecule has 0 spiro atoms. The number of hydrogen-bond donors (Lipinski definition) is 1. The molecule has 0 aliphatic heterocycles. The fraction of sp³-hybridized carbons (Fsp3) is 0.600. The first kappa shape index (κ1) is 17.0. The van der Waals surface area contributed by atoms with Crippen LogP contribution in [-0.4, -0.2) is 38.9 Å². The molecule has 1 rings (SSSR count). The Labute approximate surface area is 126 Å². The predicted octanol–water partition coefficient (Wildman–Crippen LogP) is 2.94. The average molecular weight is 299 g/mol. The quantitative estimate of drug-likeness (QED) is 0.759. The first-order chi connectivity index (χ1) is 9.67. The summed E-state index contributed by atoms with van der Waals surface area (Å²) in [4.78, 5) is 0. The number of rotatable bonds is 9. The van der Waals surface area contributed by atoms with Crippen LogP contribution in [0, 0.1) is 0 Å².